The van der Waals surface area contributed by atoms with Crippen LogP contribution in [0.2, 0.25) is 0 Å². The Morgan fingerprint density at radius 3 is 2.43 bits per heavy atom. The van der Waals surface area contributed by atoms with Crippen molar-refractivity contribution in [2.75, 3.05) is 22.7 Å². The Morgan fingerprint density at radius 2 is 1.78 bits per heavy atom. The highest BCUT2D eigenvalue weighted by Crippen LogP contribution is 2.28. The minimum Gasteiger partial charge on any atom is -0.372 e. The maximum atomic E-state index is 12.6. The highest BCUT2D eigenvalue weighted by atomic mass is 79.9. The van der Waals surface area contributed by atoms with Gasteiger partial charge in [0, 0.05) is 23.2 Å². The predicted octanol–water partition coefficient (Wildman–Crippen LogP) is 4.16. The van der Waals surface area contributed by atoms with E-state index in [-0.39, 0.29) is 4.90 Å². The summed E-state index contributed by atoms with van der Waals surface area (Å²) in [4.78, 5) is 2.57. The van der Waals surface area contributed by atoms with E-state index in [1.807, 2.05) is 25.1 Å². The summed E-state index contributed by atoms with van der Waals surface area (Å²) in [5.74, 6) is 0. The molecule has 4 nitrogen and oxygen atoms in total. The van der Waals surface area contributed by atoms with Crippen molar-refractivity contribution < 1.29 is 8.42 Å². The van der Waals surface area contributed by atoms with Gasteiger partial charge in [-0.3, -0.25) is 4.72 Å². The molecule has 2 aromatic carbocycles. The number of sulfonamides is 1. The average Bonchev–Trinajstić information content (AvgIpc) is 3.04. The fourth-order valence-electron chi connectivity index (χ4n) is 2.80. The number of aryl methyl sites for hydroxylation is 1. The van der Waals surface area contributed by atoms with Gasteiger partial charge in [0.1, 0.15) is 4.90 Å². The molecule has 1 aliphatic heterocycles. The van der Waals surface area contributed by atoms with Crippen LogP contribution >= 0.6 is 15.9 Å². The minimum atomic E-state index is -3.61. The Labute approximate surface area is 145 Å². The van der Waals surface area contributed by atoms with Crippen LogP contribution in [0.25, 0.3) is 0 Å². The van der Waals surface area contributed by atoms with Crippen LogP contribution in [0, 0.1) is 6.92 Å². The summed E-state index contributed by atoms with van der Waals surface area (Å²) in [5, 5.41) is 0. The van der Waals surface area contributed by atoms with Gasteiger partial charge in [0.2, 0.25) is 0 Å². The maximum absolute atomic E-state index is 12.6. The number of anilines is 2. The molecule has 1 heterocycles. The number of hydrogen-bond donors (Lipinski definition) is 1. The van der Waals surface area contributed by atoms with E-state index in [9.17, 15) is 8.42 Å². The predicted molar refractivity (Wildman–Crippen MR) is 97.6 cm³/mol. The Balaban J connectivity index is 1.86. The van der Waals surface area contributed by atoms with Gasteiger partial charge in [-0.1, -0.05) is 12.1 Å². The Morgan fingerprint density at radius 1 is 1.09 bits per heavy atom. The van der Waals surface area contributed by atoms with Gasteiger partial charge in [-0.25, -0.2) is 8.42 Å². The van der Waals surface area contributed by atoms with Crippen LogP contribution in [-0.4, -0.2) is 21.5 Å². The number of halogens is 1. The van der Waals surface area contributed by atoms with Crippen molar-refractivity contribution in [2.45, 2.75) is 24.7 Å². The van der Waals surface area contributed by atoms with Gasteiger partial charge in [-0.15, -0.1) is 0 Å². The molecule has 0 aliphatic carbocycles. The summed E-state index contributed by atoms with van der Waals surface area (Å²) < 4.78 is 28.4. The smallest absolute Gasteiger partial charge is 0.263 e. The van der Waals surface area contributed by atoms with Crippen molar-refractivity contribution >= 4 is 37.3 Å². The molecule has 23 heavy (non-hydrogen) atoms. The van der Waals surface area contributed by atoms with Crippen molar-refractivity contribution in [3.63, 3.8) is 0 Å². The molecule has 3 rings (SSSR count). The normalized spacial score (nSPS) is 15.0. The first-order valence-corrected chi connectivity index (χ1v) is 9.88. The highest BCUT2D eigenvalue weighted by molar-refractivity contribution is 9.10. The van der Waals surface area contributed by atoms with Crippen molar-refractivity contribution in [3.05, 3.63) is 52.5 Å². The molecule has 6 heteroatoms. The summed E-state index contributed by atoms with van der Waals surface area (Å²) in [7, 11) is -3.61. The zero-order valence-electron chi connectivity index (χ0n) is 12.9. The van der Waals surface area contributed by atoms with Crippen molar-refractivity contribution in [3.8, 4) is 0 Å². The van der Waals surface area contributed by atoms with Gasteiger partial charge >= 0.3 is 0 Å². The third kappa shape index (κ3) is 3.53. The molecule has 122 valence electrons. The SMILES string of the molecule is Cc1cc(N2CCCC2)ccc1NS(=O)(=O)c1ccccc1Br. The van der Waals surface area contributed by atoms with E-state index in [2.05, 4.69) is 25.6 Å². The van der Waals surface area contributed by atoms with Crippen molar-refractivity contribution in [2.24, 2.45) is 0 Å². The average molecular weight is 395 g/mol. The number of hydrogen-bond acceptors (Lipinski definition) is 3. The van der Waals surface area contributed by atoms with Gasteiger partial charge in [-0.05, 0) is 71.6 Å². The zero-order chi connectivity index (χ0) is 16.4. The number of rotatable bonds is 4. The standard InChI is InChI=1S/C17H19BrN2O2S/c1-13-12-14(20-10-4-5-11-20)8-9-16(13)19-23(21,22)17-7-3-2-6-15(17)18/h2-3,6-9,12,19H,4-5,10-11H2,1H3. The minimum absolute atomic E-state index is 0.239. The molecule has 0 spiro atoms. The van der Waals surface area contributed by atoms with Gasteiger partial charge < -0.3 is 4.90 Å². The van der Waals surface area contributed by atoms with Crippen LogP contribution in [0.3, 0.4) is 0 Å². The highest BCUT2D eigenvalue weighted by Gasteiger charge is 2.19. The molecule has 1 aliphatic rings. The third-order valence-corrected chi connectivity index (χ3v) is 6.43. The van der Waals surface area contributed by atoms with E-state index in [0.29, 0.717) is 10.2 Å². The van der Waals surface area contributed by atoms with Crippen molar-refractivity contribution in [1.82, 2.24) is 0 Å². The molecule has 0 amide bonds. The lowest BCUT2D eigenvalue weighted by atomic mass is 10.2. The Kier molecular flexibility index (Phi) is 4.64. The van der Waals surface area contributed by atoms with Gasteiger partial charge in [0.15, 0.2) is 0 Å². The van der Waals surface area contributed by atoms with E-state index in [1.165, 1.54) is 12.8 Å². The molecule has 0 radical (unpaired) electrons. The molecule has 1 N–H and O–H groups in total. The monoisotopic (exact) mass is 394 g/mol. The molecule has 0 bridgehead atoms. The van der Waals surface area contributed by atoms with Crippen LogP contribution in [0.15, 0.2) is 51.8 Å². The molecule has 0 unspecified atom stereocenters. The summed E-state index contributed by atoms with van der Waals surface area (Å²) in [6.07, 6.45) is 2.44. The zero-order valence-corrected chi connectivity index (χ0v) is 15.3. The lowest BCUT2D eigenvalue weighted by Gasteiger charge is -2.19. The van der Waals surface area contributed by atoms with Gasteiger partial charge in [0.05, 0.1) is 5.69 Å². The Bertz CT molecular complexity index is 815. The van der Waals surface area contributed by atoms with Crippen LogP contribution < -0.4 is 9.62 Å². The molecular weight excluding hydrogens is 376 g/mol. The van der Waals surface area contributed by atoms with Crippen molar-refractivity contribution in [1.29, 1.82) is 0 Å². The number of nitrogens with zero attached hydrogens (tertiary/aromatic N) is 1. The Hall–Kier alpha value is -1.53. The molecule has 0 aromatic heterocycles. The number of benzene rings is 2. The fourth-order valence-corrected chi connectivity index (χ4v) is 4.93. The van der Waals surface area contributed by atoms with Crippen LogP contribution in [0.5, 0.6) is 0 Å². The molecule has 1 fully saturated rings. The van der Waals surface area contributed by atoms with Crippen LogP contribution in [-0.2, 0) is 10.0 Å². The third-order valence-electron chi connectivity index (χ3n) is 4.05. The lowest BCUT2D eigenvalue weighted by Crippen LogP contribution is -2.18. The van der Waals surface area contributed by atoms with E-state index < -0.39 is 10.0 Å². The lowest BCUT2D eigenvalue weighted by molar-refractivity contribution is 0.600. The first-order valence-electron chi connectivity index (χ1n) is 7.60. The quantitative estimate of drug-likeness (QED) is 0.846. The summed E-state index contributed by atoms with van der Waals surface area (Å²) in [6.45, 7) is 4.07. The van der Waals surface area contributed by atoms with E-state index in [4.69, 9.17) is 0 Å². The second-order valence-corrected chi connectivity index (χ2v) is 8.23. The van der Waals surface area contributed by atoms with E-state index in [0.717, 1.165) is 24.3 Å². The molecular formula is C17H19BrN2O2S. The van der Waals surface area contributed by atoms with Crippen LogP contribution in [0.4, 0.5) is 11.4 Å². The second kappa shape index (κ2) is 6.53. The van der Waals surface area contributed by atoms with Gasteiger partial charge in [-0.2, -0.15) is 0 Å². The first-order chi connectivity index (χ1) is 11.0. The fraction of sp³-hybridized carbons (Fsp3) is 0.294. The second-order valence-electron chi connectivity index (χ2n) is 5.73. The molecule has 0 saturated carbocycles. The topological polar surface area (TPSA) is 49.4 Å². The van der Waals surface area contributed by atoms with E-state index >= 15 is 0 Å². The number of nitrogens with one attached hydrogen (secondary N) is 1. The van der Waals surface area contributed by atoms with Crippen LogP contribution in [0.1, 0.15) is 18.4 Å². The maximum Gasteiger partial charge on any atom is 0.263 e. The largest absolute Gasteiger partial charge is 0.372 e. The summed E-state index contributed by atoms with van der Waals surface area (Å²) in [6, 6.07) is 12.7. The first kappa shape index (κ1) is 16.3. The summed E-state index contributed by atoms with van der Waals surface area (Å²) in [5.41, 5.74) is 2.69. The molecule has 0 atom stereocenters. The molecule has 1 saturated heterocycles. The summed E-state index contributed by atoms with van der Waals surface area (Å²) >= 11 is 3.29. The molecule has 2 aromatic rings. The van der Waals surface area contributed by atoms with Gasteiger partial charge in [0.25, 0.3) is 10.0 Å². The van der Waals surface area contributed by atoms with E-state index in [1.54, 1.807) is 24.3 Å².